The molecule has 0 fully saturated rings. The van der Waals surface area contributed by atoms with Crippen molar-refractivity contribution in [3.05, 3.63) is 29.0 Å². The standard InChI is InChI=1S/C16H26O2/c1-7-14-9-16(10-17-5,11-18-6)8-13(4)15(14)12(2)3/h12H,1,8-11H2,2-6H3. The zero-order valence-electron chi connectivity index (χ0n) is 12.4. The maximum atomic E-state index is 5.41. The van der Waals surface area contributed by atoms with Crippen LogP contribution in [0.15, 0.2) is 29.0 Å². The van der Waals surface area contributed by atoms with E-state index in [1.807, 2.05) is 0 Å². The summed E-state index contributed by atoms with van der Waals surface area (Å²) in [6.07, 6.45) is 1.98. The zero-order chi connectivity index (χ0) is 13.8. The van der Waals surface area contributed by atoms with Crippen LogP contribution in [0.3, 0.4) is 0 Å². The summed E-state index contributed by atoms with van der Waals surface area (Å²) < 4.78 is 10.8. The van der Waals surface area contributed by atoms with Crippen molar-refractivity contribution < 1.29 is 9.47 Å². The van der Waals surface area contributed by atoms with Crippen molar-refractivity contribution in [3.8, 4) is 0 Å². The second-order valence-corrected chi connectivity index (χ2v) is 5.72. The monoisotopic (exact) mass is 250 g/mol. The van der Waals surface area contributed by atoms with Crippen molar-refractivity contribution in [1.82, 2.24) is 0 Å². The summed E-state index contributed by atoms with van der Waals surface area (Å²) in [5, 5.41) is 0. The lowest BCUT2D eigenvalue weighted by Gasteiger charge is -2.39. The van der Waals surface area contributed by atoms with Gasteiger partial charge >= 0.3 is 0 Å². The Morgan fingerprint density at radius 3 is 2.17 bits per heavy atom. The van der Waals surface area contributed by atoms with E-state index in [1.54, 1.807) is 14.2 Å². The average Bonchev–Trinajstić information content (AvgIpc) is 2.28. The highest BCUT2D eigenvalue weighted by atomic mass is 16.5. The Morgan fingerprint density at radius 2 is 1.78 bits per heavy atom. The average molecular weight is 250 g/mol. The molecule has 0 saturated carbocycles. The van der Waals surface area contributed by atoms with E-state index >= 15 is 0 Å². The van der Waals surface area contributed by atoms with Crippen molar-refractivity contribution in [2.24, 2.45) is 11.3 Å². The van der Waals surface area contributed by atoms with E-state index in [2.05, 4.69) is 33.1 Å². The molecule has 0 aliphatic heterocycles. The molecule has 2 nitrogen and oxygen atoms in total. The predicted octanol–water partition coefficient (Wildman–Crippen LogP) is 3.74. The zero-order valence-corrected chi connectivity index (χ0v) is 12.4. The Morgan fingerprint density at radius 1 is 1.22 bits per heavy atom. The lowest BCUT2D eigenvalue weighted by Crippen LogP contribution is -2.36. The lowest BCUT2D eigenvalue weighted by molar-refractivity contribution is 0.00793. The van der Waals surface area contributed by atoms with E-state index < -0.39 is 0 Å². The molecule has 0 radical (unpaired) electrons. The third kappa shape index (κ3) is 3.14. The van der Waals surface area contributed by atoms with Gasteiger partial charge in [-0.3, -0.25) is 0 Å². The molecule has 0 amide bonds. The number of allylic oxidation sites excluding steroid dienone is 3. The van der Waals surface area contributed by atoms with Crippen LogP contribution in [0.1, 0.15) is 33.6 Å². The van der Waals surface area contributed by atoms with E-state index in [4.69, 9.17) is 9.47 Å². The molecular formula is C16H26O2. The Hall–Kier alpha value is -0.820. The normalized spacial score (nSPS) is 19.3. The van der Waals surface area contributed by atoms with Crippen LogP contribution in [0.5, 0.6) is 0 Å². The highest BCUT2D eigenvalue weighted by Gasteiger charge is 2.37. The number of hydrogen-bond donors (Lipinski definition) is 0. The minimum atomic E-state index is 0.0476. The van der Waals surface area contributed by atoms with Crippen molar-refractivity contribution in [2.45, 2.75) is 33.6 Å². The van der Waals surface area contributed by atoms with E-state index in [1.165, 1.54) is 16.7 Å². The topological polar surface area (TPSA) is 18.5 Å². The third-order valence-corrected chi connectivity index (χ3v) is 3.67. The van der Waals surface area contributed by atoms with Gasteiger partial charge in [-0.25, -0.2) is 0 Å². The van der Waals surface area contributed by atoms with E-state index in [0.29, 0.717) is 19.1 Å². The molecule has 0 saturated heterocycles. The highest BCUT2D eigenvalue weighted by molar-refractivity contribution is 5.40. The van der Waals surface area contributed by atoms with Gasteiger partial charge in [0, 0.05) is 19.6 Å². The molecule has 0 heterocycles. The van der Waals surface area contributed by atoms with Crippen LogP contribution in [0.4, 0.5) is 0 Å². The Balaban J connectivity index is 3.15. The van der Waals surface area contributed by atoms with E-state index in [0.717, 1.165) is 12.8 Å². The molecule has 0 aromatic heterocycles. The van der Waals surface area contributed by atoms with Gasteiger partial charge in [0.25, 0.3) is 0 Å². The fraction of sp³-hybridized carbons (Fsp3) is 0.688. The molecule has 102 valence electrons. The molecular weight excluding hydrogens is 224 g/mol. The maximum absolute atomic E-state index is 5.41. The summed E-state index contributed by atoms with van der Waals surface area (Å²) in [5.74, 6) is 0.525. The van der Waals surface area contributed by atoms with Crippen LogP contribution < -0.4 is 0 Å². The molecule has 0 N–H and O–H groups in total. The van der Waals surface area contributed by atoms with Crippen molar-refractivity contribution >= 4 is 0 Å². The summed E-state index contributed by atoms with van der Waals surface area (Å²) in [6, 6.07) is 0. The van der Waals surface area contributed by atoms with Gasteiger partial charge in [-0.05, 0) is 36.8 Å². The van der Waals surface area contributed by atoms with Crippen LogP contribution in [0, 0.1) is 11.3 Å². The third-order valence-electron chi connectivity index (χ3n) is 3.67. The van der Waals surface area contributed by atoms with Gasteiger partial charge in [0.15, 0.2) is 0 Å². The van der Waals surface area contributed by atoms with Crippen LogP contribution in [0.2, 0.25) is 0 Å². The SMILES string of the molecule is C=C=C1CC(COC)(COC)CC(C)=C1C(C)C. The minimum absolute atomic E-state index is 0.0476. The smallest absolute Gasteiger partial charge is 0.0547 e. The van der Waals surface area contributed by atoms with Crippen molar-refractivity contribution in [3.63, 3.8) is 0 Å². The fourth-order valence-electron chi connectivity index (χ4n) is 3.31. The van der Waals surface area contributed by atoms with Gasteiger partial charge in [0.1, 0.15) is 0 Å². The lowest BCUT2D eigenvalue weighted by atomic mass is 9.68. The number of hydrogen-bond acceptors (Lipinski definition) is 2. The second kappa shape index (κ2) is 6.38. The van der Waals surface area contributed by atoms with Crippen LogP contribution in [-0.4, -0.2) is 27.4 Å². The summed E-state index contributed by atoms with van der Waals surface area (Å²) in [6.45, 7) is 12.0. The first-order chi connectivity index (χ1) is 8.49. The Kier molecular flexibility index (Phi) is 5.40. The Bertz CT molecular complexity index is 365. The number of ether oxygens (including phenoxy) is 2. The summed E-state index contributed by atoms with van der Waals surface area (Å²) in [7, 11) is 3.51. The van der Waals surface area contributed by atoms with Crippen LogP contribution in [0.25, 0.3) is 0 Å². The molecule has 1 aliphatic rings. The molecule has 0 atom stereocenters. The molecule has 2 heteroatoms. The Labute approximate surface area is 111 Å². The molecule has 1 rings (SSSR count). The molecule has 0 spiro atoms. The van der Waals surface area contributed by atoms with Crippen LogP contribution in [-0.2, 0) is 9.47 Å². The van der Waals surface area contributed by atoms with Gasteiger partial charge in [0.05, 0.1) is 13.2 Å². The molecule has 0 bridgehead atoms. The molecule has 18 heavy (non-hydrogen) atoms. The fourth-order valence-corrected chi connectivity index (χ4v) is 3.31. The molecule has 0 aromatic rings. The molecule has 0 unspecified atom stereocenters. The molecule has 0 aromatic carbocycles. The summed E-state index contributed by atoms with van der Waals surface area (Å²) in [5.41, 5.74) is 7.27. The second-order valence-electron chi connectivity index (χ2n) is 5.72. The first kappa shape index (κ1) is 15.2. The quantitative estimate of drug-likeness (QED) is 0.692. The molecule has 1 aliphatic carbocycles. The van der Waals surface area contributed by atoms with E-state index in [9.17, 15) is 0 Å². The van der Waals surface area contributed by atoms with E-state index in [-0.39, 0.29) is 5.41 Å². The van der Waals surface area contributed by atoms with Crippen molar-refractivity contribution in [2.75, 3.05) is 27.4 Å². The number of rotatable bonds is 5. The van der Waals surface area contributed by atoms with Crippen molar-refractivity contribution in [1.29, 1.82) is 0 Å². The van der Waals surface area contributed by atoms with Gasteiger partial charge in [-0.1, -0.05) is 26.0 Å². The first-order valence-corrected chi connectivity index (χ1v) is 6.56. The first-order valence-electron chi connectivity index (χ1n) is 6.56. The summed E-state index contributed by atoms with van der Waals surface area (Å²) >= 11 is 0. The van der Waals surface area contributed by atoms with Gasteiger partial charge in [0.2, 0.25) is 0 Å². The largest absolute Gasteiger partial charge is 0.384 e. The van der Waals surface area contributed by atoms with Gasteiger partial charge < -0.3 is 9.47 Å². The van der Waals surface area contributed by atoms with Crippen LogP contribution >= 0.6 is 0 Å². The van der Waals surface area contributed by atoms with Gasteiger partial charge in [-0.15, -0.1) is 5.73 Å². The predicted molar refractivity (Wildman–Crippen MR) is 75.6 cm³/mol. The number of methoxy groups -OCH3 is 2. The van der Waals surface area contributed by atoms with Gasteiger partial charge in [-0.2, -0.15) is 0 Å². The maximum Gasteiger partial charge on any atom is 0.0547 e. The highest BCUT2D eigenvalue weighted by Crippen LogP contribution is 2.44. The minimum Gasteiger partial charge on any atom is -0.384 e. The summed E-state index contributed by atoms with van der Waals surface area (Å²) in [4.78, 5) is 0.